The molecular formula is C17H14FN3O3. The van der Waals surface area contributed by atoms with Gasteiger partial charge in [-0.25, -0.2) is 4.39 Å². The molecule has 0 bridgehead atoms. The fraction of sp³-hybridized carbons (Fsp3) is 0.118. The fourth-order valence-electron chi connectivity index (χ4n) is 2.22. The normalized spacial score (nSPS) is 11.9. The predicted octanol–water partition coefficient (Wildman–Crippen LogP) is 2.34. The van der Waals surface area contributed by atoms with E-state index in [1.54, 1.807) is 30.3 Å². The summed E-state index contributed by atoms with van der Waals surface area (Å²) in [6, 6.07) is 12.5. The van der Waals surface area contributed by atoms with Crippen molar-refractivity contribution in [3.8, 4) is 11.4 Å². The summed E-state index contributed by atoms with van der Waals surface area (Å²) in [5.41, 5.74) is 1.26. The minimum atomic E-state index is -1.12. The average molecular weight is 327 g/mol. The number of aliphatic hydroxyl groups excluding tert-OH is 1. The quantitative estimate of drug-likeness (QED) is 0.751. The molecule has 1 amide bonds. The maximum atomic E-state index is 13.6. The lowest BCUT2D eigenvalue weighted by molar-refractivity contribution is 0.0914. The lowest BCUT2D eigenvalue weighted by Gasteiger charge is -2.13. The number of hydrogen-bond acceptors (Lipinski definition) is 5. The molecular weight excluding hydrogens is 313 g/mol. The Morgan fingerprint density at radius 1 is 1.21 bits per heavy atom. The molecule has 6 nitrogen and oxygen atoms in total. The highest BCUT2D eigenvalue weighted by molar-refractivity contribution is 5.94. The van der Waals surface area contributed by atoms with E-state index in [1.165, 1.54) is 24.6 Å². The standard InChI is InChI=1S/C17H14FN3O3/c18-14-4-2-1-3-13(14)15(22)9-19-17(23)12-7-5-11(6-8-12)16-20-10-24-21-16/h1-8,10,15,22H,9H2,(H,19,23). The number of hydrogen-bond donors (Lipinski definition) is 2. The third-order valence-electron chi connectivity index (χ3n) is 3.49. The molecule has 0 saturated carbocycles. The van der Waals surface area contributed by atoms with Gasteiger partial charge in [0.2, 0.25) is 12.2 Å². The lowest BCUT2D eigenvalue weighted by Crippen LogP contribution is -2.28. The van der Waals surface area contributed by atoms with Gasteiger partial charge in [0.1, 0.15) is 5.82 Å². The number of aliphatic hydroxyl groups is 1. The highest BCUT2D eigenvalue weighted by Crippen LogP contribution is 2.17. The summed E-state index contributed by atoms with van der Waals surface area (Å²) in [4.78, 5) is 16.0. The topological polar surface area (TPSA) is 88.2 Å². The molecule has 0 saturated heterocycles. The van der Waals surface area contributed by atoms with Crippen LogP contribution >= 0.6 is 0 Å². The molecule has 0 radical (unpaired) electrons. The SMILES string of the molecule is O=C(NCC(O)c1ccccc1F)c1ccc(-c2ncon2)cc1. The molecule has 0 aliphatic carbocycles. The first-order valence-corrected chi connectivity index (χ1v) is 7.22. The molecule has 1 aromatic heterocycles. The smallest absolute Gasteiger partial charge is 0.251 e. The largest absolute Gasteiger partial charge is 0.386 e. The van der Waals surface area contributed by atoms with E-state index in [0.29, 0.717) is 17.0 Å². The summed E-state index contributed by atoms with van der Waals surface area (Å²) in [7, 11) is 0. The van der Waals surface area contributed by atoms with E-state index in [-0.39, 0.29) is 18.0 Å². The molecule has 24 heavy (non-hydrogen) atoms. The van der Waals surface area contributed by atoms with Crippen LogP contribution in [0.25, 0.3) is 11.4 Å². The second-order valence-electron chi connectivity index (χ2n) is 5.08. The monoisotopic (exact) mass is 327 g/mol. The van der Waals surface area contributed by atoms with Gasteiger partial charge in [0.15, 0.2) is 0 Å². The van der Waals surface area contributed by atoms with Crippen LogP contribution in [-0.4, -0.2) is 27.7 Å². The Balaban J connectivity index is 1.62. The number of aromatic nitrogens is 2. The molecule has 0 fully saturated rings. The number of nitrogens with one attached hydrogen (secondary N) is 1. The number of rotatable bonds is 5. The number of benzene rings is 2. The van der Waals surface area contributed by atoms with E-state index in [0.717, 1.165) is 0 Å². The molecule has 1 heterocycles. The molecule has 0 aliphatic heterocycles. The molecule has 1 atom stereocenters. The van der Waals surface area contributed by atoms with Crippen LogP contribution in [0, 0.1) is 5.82 Å². The minimum Gasteiger partial charge on any atom is -0.386 e. The van der Waals surface area contributed by atoms with Crippen LogP contribution in [0.5, 0.6) is 0 Å². The summed E-state index contributed by atoms with van der Waals surface area (Å²) < 4.78 is 18.2. The molecule has 0 spiro atoms. The Morgan fingerprint density at radius 3 is 2.62 bits per heavy atom. The number of halogens is 1. The van der Waals surface area contributed by atoms with Crippen molar-refractivity contribution in [3.63, 3.8) is 0 Å². The Bertz CT molecular complexity index is 819. The van der Waals surface area contributed by atoms with Crippen molar-refractivity contribution in [2.75, 3.05) is 6.54 Å². The number of carbonyl (C=O) groups excluding carboxylic acids is 1. The van der Waals surface area contributed by atoms with Gasteiger partial charge in [-0.3, -0.25) is 4.79 Å². The van der Waals surface area contributed by atoms with Crippen molar-refractivity contribution in [3.05, 3.63) is 71.9 Å². The van der Waals surface area contributed by atoms with Crippen molar-refractivity contribution in [2.24, 2.45) is 0 Å². The predicted molar refractivity (Wildman–Crippen MR) is 83.4 cm³/mol. The van der Waals surface area contributed by atoms with Crippen LogP contribution in [0.4, 0.5) is 4.39 Å². The first kappa shape index (κ1) is 15.8. The minimum absolute atomic E-state index is 0.0909. The summed E-state index contributed by atoms with van der Waals surface area (Å²) in [6.45, 7) is -0.0909. The maximum Gasteiger partial charge on any atom is 0.251 e. The van der Waals surface area contributed by atoms with Crippen molar-refractivity contribution in [1.29, 1.82) is 0 Å². The summed E-state index contributed by atoms with van der Waals surface area (Å²) in [6.07, 6.45) is 0.105. The second-order valence-corrected chi connectivity index (χ2v) is 5.08. The van der Waals surface area contributed by atoms with Gasteiger partial charge < -0.3 is 14.9 Å². The van der Waals surface area contributed by atoms with Crippen LogP contribution in [0.1, 0.15) is 22.0 Å². The second kappa shape index (κ2) is 7.01. The molecule has 0 aliphatic rings. The van der Waals surface area contributed by atoms with Gasteiger partial charge in [-0.15, -0.1) is 0 Å². The van der Waals surface area contributed by atoms with E-state index >= 15 is 0 Å². The Morgan fingerprint density at radius 2 is 1.96 bits per heavy atom. The van der Waals surface area contributed by atoms with Gasteiger partial charge in [0, 0.05) is 23.2 Å². The van der Waals surface area contributed by atoms with E-state index in [9.17, 15) is 14.3 Å². The summed E-state index contributed by atoms with van der Waals surface area (Å²) in [5, 5.41) is 16.3. The molecule has 2 N–H and O–H groups in total. The molecule has 122 valence electrons. The van der Waals surface area contributed by atoms with Gasteiger partial charge in [-0.1, -0.05) is 35.5 Å². The van der Waals surface area contributed by atoms with E-state index in [2.05, 4.69) is 20.0 Å². The van der Waals surface area contributed by atoms with Gasteiger partial charge in [-0.2, -0.15) is 4.98 Å². The molecule has 7 heteroatoms. The lowest BCUT2D eigenvalue weighted by atomic mass is 10.1. The van der Waals surface area contributed by atoms with E-state index in [1.807, 2.05) is 0 Å². The Kier molecular flexibility index (Phi) is 4.62. The third kappa shape index (κ3) is 3.47. The highest BCUT2D eigenvalue weighted by Gasteiger charge is 2.14. The number of carbonyl (C=O) groups is 1. The van der Waals surface area contributed by atoms with E-state index < -0.39 is 11.9 Å². The molecule has 3 aromatic rings. The van der Waals surface area contributed by atoms with Gasteiger partial charge in [0.25, 0.3) is 5.91 Å². The molecule has 1 unspecified atom stereocenters. The van der Waals surface area contributed by atoms with Crippen LogP contribution in [-0.2, 0) is 0 Å². The zero-order chi connectivity index (χ0) is 16.9. The van der Waals surface area contributed by atoms with Gasteiger partial charge >= 0.3 is 0 Å². The third-order valence-corrected chi connectivity index (χ3v) is 3.49. The molecule has 3 rings (SSSR count). The first-order valence-electron chi connectivity index (χ1n) is 7.22. The van der Waals surface area contributed by atoms with Crippen LogP contribution in [0.15, 0.2) is 59.4 Å². The highest BCUT2D eigenvalue weighted by atomic mass is 19.1. The Labute approximate surface area is 136 Å². The van der Waals surface area contributed by atoms with Crippen molar-refractivity contribution >= 4 is 5.91 Å². The average Bonchev–Trinajstić information content (AvgIpc) is 3.14. The fourth-order valence-corrected chi connectivity index (χ4v) is 2.22. The van der Waals surface area contributed by atoms with Crippen LogP contribution in [0.2, 0.25) is 0 Å². The zero-order valence-corrected chi connectivity index (χ0v) is 12.5. The van der Waals surface area contributed by atoms with E-state index in [4.69, 9.17) is 0 Å². The number of nitrogens with zero attached hydrogens (tertiary/aromatic N) is 2. The van der Waals surface area contributed by atoms with Crippen molar-refractivity contribution in [2.45, 2.75) is 6.10 Å². The van der Waals surface area contributed by atoms with Gasteiger partial charge in [-0.05, 0) is 18.2 Å². The summed E-state index contributed by atoms with van der Waals surface area (Å²) >= 11 is 0. The Hall–Kier alpha value is -3.06. The zero-order valence-electron chi connectivity index (χ0n) is 12.5. The van der Waals surface area contributed by atoms with Crippen LogP contribution in [0.3, 0.4) is 0 Å². The maximum absolute atomic E-state index is 13.6. The number of amides is 1. The molecule has 2 aromatic carbocycles. The van der Waals surface area contributed by atoms with Crippen LogP contribution < -0.4 is 5.32 Å². The van der Waals surface area contributed by atoms with Crippen molar-refractivity contribution < 1.29 is 18.8 Å². The first-order chi connectivity index (χ1) is 11.6. The van der Waals surface area contributed by atoms with Gasteiger partial charge in [0.05, 0.1) is 6.10 Å². The summed E-state index contributed by atoms with van der Waals surface area (Å²) in [5.74, 6) is -0.453. The van der Waals surface area contributed by atoms with Crippen molar-refractivity contribution in [1.82, 2.24) is 15.5 Å².